The van der Waals surface area contributed by atoms with E-state index in [9.17, 15) is 4.79 Å². The maximum Gasteiger partial charge on any atom is 0.277 e. The molecular formula is C15H16N4O3S. The molecule has 0 aliphatic carbocycles. The van der Waals surface area contributed by atoms with Gasteiger partial charge < -0.3 is 9.47 Å². The molecular weight excluding hydrogens is 316 g/mol. The summed E-state index contributed by atoms with van der Waals surface area (Å²) >= 11 is 1.34. The summed E-state index contributed by atoms with van der Waals surface area (Å²) in [7, 11) is 4.96. The molecule has 8 heteroatoms. The van der Waals surface area contributed by atoms with Crippen molar-refractivity contribution in [2.75, 3.05) is 19.5 Å². The minimum Gasteiger partial charge on any atom is -0.497 e. The Morgan fingerprint density at radius 3 is 2.65 bits per heavy atom. The Balaban J connectivity index is 1.92. The number of thiazole rings is 1. The highest BCUT2D eigenvalue weighted by molar-refractivity contribution is 7.22. The van der Waals surface area contributed by atoms with Crippen molar-refractivity contribution in [3.63, 3.8) is 0 Å². The van der Waals surface area contributed by atoms with E-state index in [2.05, 4.69) is 15.4 Å². The van der Waals surface area contributed by atoms with E-state index in [1.54, 1.807) is 44.1 Å². The van der Waals surface area contributed by atoms with Crippen LogP contribution in [0, 0.1) is 6.92 Å². The van der Waals surface area contributed by atoms with Crippen molar-refractivity contribution in [2.24, 2.45) is 7.05 Å². The van der Waals surface area contributed by atoms with Gasteiger partial charge in [-0.05, 0) is 13.0 Å². The van der Waals surface area contributed by atoms with E-state index in [-0.39, 0.29) is 5.91 Å². The number of hydrogen-bond donors (Lipinski definition) is 1. The van der Waals surface area contributed by atoms with Crippen LogP contribution in [0.5, 0.6) is 11.5 Å². The molecule has 3 aromatic rings. The predicted octanol–water partition coefficient (Wildman–Crippen LogP) is 2.61. The highest BCUT2D eigenvalue weighted by atomic mass is 32.1. The quantitative estimate of drug-likeness (QED) is 0.794. The summed E-state index contributed by atoms with van der Waals surface area (Å²) in [6.45, 7) is 1.89. The summed E-state index contributed by atoms with van der Waals surface area (Å²) in [5, 5.41) is 7.42. The summed E-state index contributed by atoms with van der Waals surface area (Å²) in [6, 6.07) is 5.31. The molecule has 0 aliphatic rings. The van der Waals surface area contributed by atoms with E-state index >= 15 is 0 Å². The number of anilines is 1. The van der Waals surface area contributed by atoms with Crippen molar-refractivity contribution in [1.82, 2.24) is 14.8 Å². The number of rotatable bonds is 4. The molecule has 0 bridgehead atoms. The fraction of sp³-hybridized carbons (Fsp3) is 0.267. The average Bonchev–Trinajstić information content (AvgIpc) is 3.09. The summed E-state index contributed by atoms with van der Waals surface area (Å²) in [5.41, 5.74) is 1.97. The summed E-state index contributed by atoms with van der Waals surface area (Å²) < 4.78 is 13.1. The number of hydrogen-bond acceptors (Lipinski definition) is 6. The molecule has 7 nitrogen and oxygen atoms in total. The van der Waals surface area contributed by atoms with Gasteiger partial charge in [-0.25, -0.2) is 4.98 Å². The number of carbonyl (C=O) groups excluding carboxylic acids is 1. The smallest absolute Gasteiger partial charge is 0.277 e. The van der Waals surface area contributed by atoms with E-state index in [0.29, 0.717) is 27.8 Å². The summed E-state index contributed by atoms with van der Waals surface area (Å²) in [4.78, 5) is 16.7. The Morgan fingerprint density at radius 2 is 2.04 bits per heavy atom. The zero-order valence-electron chi connectivity index (χ0n) is 13.2. The first-order valence-corrected chi connectivity index (χ1v) is 7.68. The van der Waals surface area contributed by atoms with Gasteiger partial charge in [-0.3, -0.25) is 14.8 Å². The fourth-order valence-electron chi connectivity index (χ4n) is 2.13. The zero-order chi connectivity index (χ0) is 16.6. The number of aryl methyl sites for hydroxylation is 2. The minimum absolute atomic E-state index is 0.293. The Kier molecular flexibility index (Phi) is 3.91. The highest BCUT2D eigenvalue weighted by Gasteiger charge is 2.16. The van der Waals surface area contributed by atoms with Crippen LogP contribution in [0.4, 0.5) is 5.13 Å². The molecule has 0 radical (unpaired) electrons. The van der Waals surface area contributed by atoms with Crippen molar-refractivity contribution >= 4 is 32.6 Å². The molecule has 2 heterocycles. The molecule has 0 unspecified atom stereocenters. The molecule has 1 N–H and O–H groups in total. The Hall–Kier alpha value is -2.61. The van der Waals surface area contributed by atoms with Gasteiger partial charge in [0, 0.05) is 24.9 Å². The molecule has 0 saturated carbocycles. The van der Waals surface area contributed by atoms with Crippen molar-refractivity contribution < 1.29 is 14.3 Å². The van der Waals surface area contributed by atoms with E-state index in [0.717, 1.165) is 10.4 Å². The SMILES string of the molecule is COc1cc(OC)c2sc(NC(=O)c3cc(C)n(C)n3)nc2c1. The molecule has 0 atom stereocenters. The maximum absolute atomic E-state index is 12.3. The van der Waals surface area contributed by atoms with Crippen LogP contribution in [-0.2, 0) is 7.05 Å². The molecule has 2 aromatic heterocycles. The number of fused-ring (bicyclic) bond motifs is 1. The van der Waals surface area contributed by atoms with Crippen LogP contribution >= 0.6 is 11.3 Å². The van der Waals surface area contributed by atoms with Crippen molar-refractivity contribution in [2.45, 2.75) is 6.92 Å². The monoisotopic (exact) mass is 332 g/mol. The van der Waals surface area contributed by atoms with Gasteiger partial charge in [0.1, 0.15) is 11.5 Å². The molecule has 120 valence electrons. The third kappa shape index (κ3) is 2.85. The van der Waals surface area contributed by atoms with Gasteiger partial charge in [0.25, 0.3) is 5.91 Å². The second-order valence-corrected chi connectivity index (χ2v) is 5.94. The second kappa shape index (κ2) is 5.88. The molecule has 1 amide bonds. The second-order valence-electron chi connectivity index (χ2n) is 4.95. The van der Waals surface area contributed by atoms with Crippen molar-refractivity contribution in [1.29, 1.82) is 0 Å². The lowest BCUT2D eigenvalue weighted by molar-refractivity contribution is 0.102. The van der Waals surface area contributed by atoms with E-state index in [1.807, 2.05) is 6.92 Å². The Morgan fingerprint density at radius 1 is 1.26 bits per heavy atom. The molecule has 0 fully saturated rings. The first-order chi connectivity index (χ1) is 11.0. The summed E-state index contributed by atoms with van der Waals surface area (Å²) in [6.07, 6.45) is 0. The minimum atomic E-state index is -0.293. The van der Waals surface area contributed by atoms with Crippen molar-refractivity contribution in [3.8, 4) is 11.5 Å². The van der Waals surface area contributed by atoms with Gasteiger partial charge in [-0.1, -0.05) is 11.3 Å². The standard InChI is InChI=1S/C15H16N4O3S/c1-8-5-11(18-19(8)2)14(20)17-15-16-10-6-9(21-3)7-12(22-4)13(10)23-15/h5-7H,1-4H3,(H,16,17,20). The first kappa shape index (κ1) is 15.3. The predicted molar refractivity (Wildman–Crippen MR) is 88.6 cm³/mol. The number of nitrogens with one attached hydrogen (secondary N) is 1. The third-order valence-electron chi connectivity index (χ3n) is 3.45. The normalized spacial score (nSPS) is 10.8. The maximum atomic E-state index is 12.3. The Bertz CT molecular complexity index is 865. The van der Waals surface area contributed by atoms with Gasteiger partial charge in [0.05, 0.1) is 24.4 Å². The number of aromatic nitrogens is 3. The molecule has 0 saturated heterocycles. The zero-order valence-corrected chi connectivity index (χ0v) is 14.0. The number of ether oxygens (including phenoxy) is 2. The number of carbonyl (C=O) groups is 1. The van der Waals surface area contributed by atoms with E-state index in [4.69, 9.17) is 9.47 Å². The van der Waals surface area contributed by atoms with E-state index in [1.165, 1.54) is 11.3 Å². The molecule has 3 rings (SSSR count). The van der Waals surface area contributed by atoms with Crippen LogP contribution in [-0.4, -0.2) is 34.9 Å². The van der Waals surface area contributed by atoms with Gasteiger partial charge in [-0.15, -0.1) is 0 Å². The average molecular weight is 332 g/mol. The number of methoxy groups -OCH3 is 2. The third-order valence-corrected chi connectivity index (χ3v) is 4.45. The van der Waals surface area contributed by atoms with Crippen LogP contribution < -0.4 is 14.8 Å². The lowest BCUT2D eigenvalue weighted by Gasteiger charge is -2.03. The van der Waals surface area contributed by atoms with Gasteiger partial charge >= 0.3 is 0 Å². The topological polar surface area (TPSA) is 78.3 Å². The van der Waals surface area contributed by atoms with Gasteiger partial charge in [-0.2, -0.15) is 5.10 Å². The lowest BCUT2D eigenvalue weighted by Crippen LogP contribution is -2.12. The molecule has 1 aromatic carbocycles. The summed E-state index contributed by atoms with van der Waals surface area (Å²) in [5.74, 6) is 1.02. The Labute approximate surface area is 136 Å². The van der Waals surface area contributed by atoms with Crippen LogP contribution in [0.1, 0.15) is 16.2 Å². The van der Waals surface area contributed by atoms with Crippen LogP contribution in [0.25, 0.3) is 10.2 Å². The van der Waals surface area contributed by atoms with Crippen molar-refractivity contribution in [3.05, 3.63) is 29.6 Å². The molecule has 0 aliphatic heterocycles. The first-order valence-electron chi connectivity index (χ1n) is 6.86. The number of amides is 1. The van der Waals surface area contributed by atoms with Crippen LogP contribution in [0.15, 0.2) is 18.2 Å². The van der Waals surface area contributed by atoms with E-state index < -0.39 is 0 Å². The molecule has 23 heavy (non-hydrogen) atoms. The fourth-order valence-corrected chi connectivity index (χ4v) is 3.07. The number of nitrogens with zero attached hydrogens (tertiary/aromatic N) is 3. The van der Waals surface area contributed by atoms with Gasteiger partial charge in [0.15, 0.2) is 10.8 Å². The number of benzene rings is 1. The largest absolute Gasteiger partial charge is 0.497 e. The van der Waals surface area contributed by atoms with Crippen LogP contribution in [0.3, 0.4) is 0 Å². The lowest BCUT2D eigenvalue weighted by atomic mass is 10.3. The highest BCUT2D eigenvalue weighted by Crippen LogP contribution is 2.37. The molecule has 0 spiro atoms. The van der Waals surface area contributed by atoms with Crippen LogP contribution in [0.2, 0.25) is 0 Å². The van der Waals surface area contributed by atoms with Gasteiger partial charge in [0.2, 0.25) is 0 Å².